The molecule has 0 radical (unpaired) electrons. The largest absolute Gasteiger partial charge is 0.352 e. The molecule has 0 bridgehead atoms. The summed E-state index contributed by atoms with van der Waals surface area (Å²) in [7, 11) is 0. The summed E-state index contributed by atoms with van der Waals surface area (Å²) in [6, 6.07) is 9.46. The van der Waals surface area contributed by atoms with Crippen LogP contribution in [0.2, 0.25) is 0 Å². The quantitative estimate of drug-likeness (QED) is 0.869. The number of nitrogens with zero attached hydrogens (tertiary/aromatic N) is 1. The zero-order chi connectivity index (χ0) is 16.9. The van der Waals surface area contributed by atoms with Crippen LogP contribution in [0.3, 0.4) is 0 Å². The third kappa shape index (κ3) is 4.32. The number of nitrogens with one attached hydrogen (secondary N) is 1. The van der Waals surface area contributed by atoms with Gasteiger partial charge in [-0.05, 0) is 31.7 Å². The van der Waals surface area contributed by atoms with Crippen molar-refractivity contribution in [3.63, 3.8) is 0 Å². The van der Waals surface area contributed by atoms with Gasteiger partial charge in [-0.15, -0.1) is 0 Å². The molecule has 3 N–H and O–H groups in total. The fourth-order valence-electron chi connectivity index (χ4n) is 3.04. The van der Waals surface area contributed by atoms with Crippen LogP contribution in [-0.4, -0.2) is 35.8 Å². The first kappa shape index (κ1) is 17.5. The van der Waals surface area contributed by atoms with Gasteiger partial charge in [-0.25, -0.2) is 0 Å². The van der Waals surface area contributed by atoms with Gasteiger partial charge in [0.2, 0.25) is 11.8 Å². The van der Waals surface area contributed by atoms with E-state index in [0.717, 1.165) is 24.8 Å². The summed E-state index contributed by atoms with van der Waals surface area (Å²) in [6.45, 7) is 4.96. The number of benzene rings is 1. The summed E-state index contributed by atoms with van der Waals surface area (Å²) >= 11 is 0. The van der Waals surface area contributed by atoms with E-state index in [4.69, 9.17) is 5.73 Å². The molecule has 2 rings (SSSR count). The van der Waals surface area contributed by atoms with Crippen LogP contribution >= 0.6 is 0 Å². The zero-order valence-corrected chi connectivity index (χ0v) is 14.0. The van der Waals surface area contributed by atoms with Crippen molar-refractivity contribution in [1.29, 1.82) is 0 Å². The van der Waals surface area contributed by atoms with Crippen LogP contribution in [0.1, 0.15) is 45.1 Å². The van der Waals surface area contributed by atoms with Crippen molar-refractivity contribution in [2.45, 2.75) is 51.1 Å². The van der Waals surface area contributed by atoms with Gasteiger partial charge in [-0.1, -0.05) is 37.3 Å². The lowest BCUT2D eigenvalue weighted by Gasteiger charge is -2.38. The third-order valence-corrected chi connectivity index (χ3v) is 4.37. The minimum atomic E-state index is -1.05. The number of likely N-dealkylation sites (tertiary alicyclic amines) is 1. The average molecular weight is 317 g/mol. The molecule has 2 unspecified atom stereocenters. The molecule has 126 valence electrons. The highest BCUT2D eigenvalue weighted by molar-refractivity contribution is 5.87. The molecule has 23 heavy (non-hydrogen) atoms. The molecule has 0 saturated carbocycles. The highest BCUT2D eigenvalue weighted by atomic mass is 16.2. The molecule has 0 aliphatic carbocycles. The predicted octanol–water partition coefficient (Wildman–Crippen LogP) is 1.77. The molecular weight excluding hydrogens is 290 g/mol. The molecule has 1 aliphatic rings. The molecule has 2 amide bonds. The Kier molecular flexibility index (Phi) is 5.77. The Labute approximate surface area is 138 Å². The Morgan fingerprint density at radius 3 is 2.70 bits per heavy atom. The Morgan fingerprint density at radius 1 is 1.35 bits per heavy atom. The second-order valence-electron chi connectivity index (χ2n) is 6.48. The number of rotatable bonds is 5. The van der Waals surface area contributed by atoms with Crippen LogP contribution < -0.4 is 11.1 Å². The Bertz CT molecular complexity index is 542. The summed E-state index contributed by atoms with van der Waals surface area (Å²) in [6.07, 6.45) is 3.15. The van der Waals surface area contributed by atoms with Gasteiger partial charge < -0.3 is 16.0 Å². The highest BCUT2D eigenvalue weighted by Crippen LogP contribution is 2.22. The fraction of sp³-hybridized carbons (Fsp3) is 0.556. The number of carbonyl (C=O) groups excluding carboxylic acids is 2. The van der Waals surface area contributed by atoms with Gasteiger partial charge in [0.05, 0.1) is 0 Å². The summed E-state index contributed by atoms with van der Waals surface area (Å²) in [5, 5.41) is 3.02. The molecular formula is C18H27N3O2. The summed E-state index contributed by atoms with van der Waals surface area (Å²) in [5.41, 5.74) is 6.09. The van der Waals surface area contributed by atoms with Gasteiger partial charge in [-0.3, -0.25) is 9.59 Å². The van der Waals surface area contributed by atoms with Crippen LogP contribution in [0.4, 0.5) is 0 Å². The van der Waals surface area contributed by atoms with Crippen molar-refractivity contribution in [3.05, 3.63) is 35.9 Å². The van der Waals surface area contributed by atoms with E-state index < -0.39 is 5.54 Å². The number of amides is 2. The topological polar surface area (TPSA) is 75.4 Å². The maximum absolute atomic E-state index is 12.9. The lowest BCUT2D eigenvalue weighted by atomic mass is 9.90. The van der Waals surface area contributed by atoms with Gasteiger partial charge in [-0.2, -0.15) is 0 Å². The van der Waals surface area contributed by atoms with Crippen LogP contribution in [0.15, 0.2) is 30.3 Å². The predicted molar refractivity (Wildman–Crippen MR) is 90.6 cm³/mol. The fourth-order valence-corrected chi connectivity index (χ4v) is 3.04. The monoisotopic (exact) mass is 317 g/mol. The van der Waals surface area contributed by atoms with E-state index in [1.807, 2.05) is 37.3 Å². The molecule has 1 heterocycles. The molecule has 1 aromatic carbocycles. The minimum absolute atomic E-state index is 0.0262. The van der Waals surface area contributed by atoms with Gasteiger partial charge in [0.1, 0.15) is 5.54 Å². The molecule has 1 aliphatic heterocycles. The number of carbonyl (C=O) groups is 2. The Balaban J connectivity index is 2.03. The van der Waals surface area contributed by atoms with Gasteiger partial charge in [0.25, 0.3) is 0 Å². The maximum atomic E-state index is 12.9. The number of hydrogen-bond acceptors (Lipinski definition) is 3. The first-order valence-corrected chi connectivity index (χ1v) is 8.38. The van der Waals surface area contributed by atoms with Crippen molar-refractivity contribution in [1.82, 2.24) is 10.2 Å². The zero-order valence-electron chi connectivity index (χ0n) is 14.0. The normalized spacial score (nSPS) is 20.7. The van der Waals surface area contributed by atoms with Gasteiger partial charge >= 0.3 is 0 Å². The first-order chi connectivity index (χ1) is 10.9. The SMILES string of the molecule is CCCC(=O)NC1CCCN(C(=O)C(C)(N)c2ccccc2)C1. The second kappa shape index (κ2) is 7.59. The molecule has 1 fully saturated rings. The van der Waals surface area contributed by atoms with E-state index in [2.05, 4.69) is 5.32 Å². The van der Waals surface area contributed by atoms with E-state index in [-0.39, 0.29) is 17.9 Å². The lowest BCUT2D eigenvalue weighted by Crippen LogP contribution is -2.56. The maximum Gasteiger partial charge on any atom is 0.247 e. The molecule has 1 saturated heterocycles. The average Bonchev–Trinajstić information content (AvgIpc) is 2.55. The van der Waals surface area contributed by atoms with Crippen molar-refractivity contribution in [3.8, 4) is 0 Å². The minimum Gasteiger partial charge on any atom is -0.352 e. The Hall–Kier alpha value is -1.88. The van der Waals surface area contributed by atoms with E-state index in [9.17, 15) is 9.59 Å². The first-order valence-electron chi connectivity index (χ1n) is 8.38. The van der Waals surface area contributed by atoms with E-state index in [0.29, 0.717) is 19.5 Å². The molecule has 2 atom stereocenters. The standard InChI is InChI=1S/C18H27N3O2/c1-3-8-16(22)20-15-11-7-12-21(13-15)17(23)18(2,19)14-9-5-4-6-10-14/h4-6,9-10,15H,3,7-8,11-13,19H2,1-2H3,(H,20,22). The van der Waals surface area contributed by atoms with E-state index in [1.165, 1.54) is 0 Å². The number of hydrogen-bond donors (Lipinski definition) is 2. The van der Waals surface area contributed by atoms with Gasteiger partial charge in [0, 0.05) is 25.6 Å². The van der Waals surface area contributed by atoms with Crippen molar-refractivity contribution >= 4 is 11.8 Å². The molecule has 1 aromatic rings. The van der Waals surface area contributed by atoms with Crippen LogP contribution in [-0.2, 0) is 15.1 Å². The summed E-state index contributed by atoms with van der Waals surface area (Å²) < 4.78 is 0. The van der Waals surface area contributed by atoms with E-state index in [1.54, 1.807) is 11.8 Å². The van der Waals surface area contributed by atoms with Crippen LogP contribution in [0.5, 0.6) is 0 Å². The highest BCUT2D eigenvalue weighted by Gasteiger charge is 2.36. The summed E-state index contributed by atoms with van der Waals surface area (Å²) in [4.78, 5) is 26.4. The van der Waals surface area contributed by atoms with Crippen molar-refractivity contribution < 1.29 is 9.59 Å². The number of piperidine rings is 1. The van der Waals surface area contributed by atoms with Gasteiger partial charge in [0.15, 0.2) is 0 Å². The molecule has 0 spiro atoms. The second-order valence-corrected chi connectivity index (χ2v) is 6.48. The smallest absolute Gasteiger partial charge is 0.247 e. The molecule has 0 aromatic heterocycles. The molecule has 5 heteroatoms. The van der Waals surface area contributed by atoms with Crippen molar-refractivity contribution in [2.75, 3.05) is 13.1 Å². The Morgan fingerprint density at radius 2 is 2.04 bits per heavy atom. The third-order valence-electron chi connectivity index (χ3n) is 4.37. The summed E-state index contributed by atoms with van der Waals surface area (Å²) in [5.74, 6) is -0.0245. The van der Waals surface area contributed by atoms with E-state index >= 15 is 0 Å². The van der Waals surface area contributed by atoms with Crippen molar-refractivity contribution in [2.24, 2.45) is 5.73 Å². The van der Waals surface area contributed by atoms with Crippen LogP contribution in [0.25, 0.3) is 0 Å². The number of nitrogens with two attached hydrogens (primary N) is 1. The van der Waals surface area contributed by atoms with Crippen LogP contribution in [0, 0.1) is 0 Å². The lowest BCUT2D eigenvalue weighted by molar-refractivity contribution is -0.138. The molecule has 5 nitrogen and oxygen atoms in total.